The van der Waals surface area contributed by atoms with Crippen molar-refractivity contribution in [2.75, 3.05) is 17.2 Å². The SMILES string of the molecule is Cc1ccc(Oc2ccc(NC(=O)CCC(=O)OCC(=O)Nc3ccc(Oc4ccccc4)cc3)cc2)cc1C. The van der Waals surface area contributed by atoms with Crippen molar-refractivity contribution in [3.8, 4) is 23.0 Å². The first-order valence-corrected chi connectivity index (χ1v) is 12.8. The van der Waals surface area contributed by atoms with E-state index in [1.54, 1.807) is 48.5 Å². The fourth-order valence-corrected chi connectivity index (χ4v) is 3.61. The largest absolute Gasteiger partial charge is 0.457 e. The molecule has 40 heavy (non-hydrogen) atoms. The molecular weight excluding hydrogens is 508 g/mol. The summed E-state index contributed by atoms with van der Waals surface area (Å²) < 4.78 is 16.6. The number of ether oxygens (including phenoxy) is 3. The summed E-state index contributed by atoms with van der Waals surface area (Å²) in [6.45, 7) is 3.61. The van der Waals surface area contributed by atoms with Crippen LogP contribution in [0.2, 0.25) is 0 Å². The minimum absolute atomic E-state index is 0.0791. The predicted molar refractivity (Wildman–Crippen MR) is 153 cm³/mol. The van der Waals surface area contributed by atoms with Gasteiger partial charge in [0.25, 0.3) is 5.91 Å². The second-order valence-electron chi connectivity index (χ2n) is 9.07. The Morgan fingerprint density at radius 2 is 1.10 bits per heavy atom. The minimum Gasteiger partial charge on any atom is -0.457 e. The number of benzene rings is 4. The fraction of sp³-hybridized carbons (Fsp3) is 0.156. The van der Waals surface area contributed by atoms with Gasteiger partial charge >= 0.3 is 5.97 Å². The number of aryl methyl sites for hydroxylation is 2. The molecule has 8 nitrogen and oxygen atoms in total. The molecule has 0 bridgehead atoms. The van der Waals surface area contributed by atoms with E-state index in [0.717, 1.165) is 11.3 Å². The standard InChI is InChI=1S/C32H30N2O6/c1-22-8-13-29(20-23(22)2)40-28-16-9-24(10-17-28)33-30(35)18-19-32(37)38-21-31(36)34-25-11-14-27(15-12-25)39-26-6-4-3-5-7-26/h3-17,20H,18-19,21H2,1-2H3,(H,33,35)(H,34,36). The Balaban J connectivity index is 1.13. The summed E-state index contributed by atoms with van der Waals surface area (Å²) in [5, 5.41) is 5.38. The Bertz CT molecular complexity index is 1450. The van der Waals surface area contributed by atoms with Gasteiger partial charge in [-0.15, -0.1) is 0 Å². The second kappa shape index (κ2) is 13.6. The molecule has 0 fully saturated rings. The van der Waals surface area contributed by atoms with E-state index in [2.05, 4.69) is 10.6 Å². The van der Waals surface area contributed by atoms with Crippen molar-refractivity contribution in [1.29, 1.82) is 0 Å². The van der Waals surface area contributed by atoms with Gasteiger partial charge in [0.15, 0.2) is 6.61 Å². The monoisotopic (exact) mass is 538 g/mol. The van der Waals surface area contributed by atoms with E-state index in [9.17, 15) is 14.4 Å². The Morgan fingerprint density at radius 3 is 1.70 bits per heavy atom. The lowest BCUT2D eigenvalue weighted by atomic mass is 10.1. The first-order valence-electron chi connectivity index (χ1n) is 12.8. The summed E-state index contributed by atoms with van der Waals surface area (Å²) in [7, 11) is 0. The molecule has 0 radical (unpaired) electrons. The first kappa shape index (κ1) is 27.9. The minimum atomic E-state index is -0.644. The van der Waals surface area contributed by atoms with Gasteiger partial charge in [-0.25, -0.2) is 0 Å². The van der Waals surface area contributed by atoms with E-state index in [-0.39, 0.29) is 18.7 Å². The summed E-state index contributed by atoms with van der Waals surface area (Å²) in [6, 6.07) is 29.0. The maximum Gasteiger partial charge on any atom is 0.306 e. The quantitative estimate of drug-likeness (QED) is 0.204. The van der Waals surface area contributed by atoms with E-state index >= 15 is 0 Å². The predicted octanol–water partition coefficient (Wildman–Crippen LogP) is 6.79. The highest BCUT2D eigenvalue weighted by Gasteiger charge is 2.11. The van der Waals surface area contributed by atoms with Crippen molar-refractivity contribution >= 4 is 29.2 Å². The van der Waals surface area contributed by atoms with Gasteiger partial charge in [0.05, 0.1) is 6.42 Å². The zero-order valence-electron chi connectivity index (χ0n) is 22.3. The van der Waals surface area contributed by atoms with Gasteiger partial charge in [-0.1, -0.05) is 24.3 Å². The molecule has 4 aromatic rings. The Kier molecular flexibility index (Phi) is 9.50. The molecular formula is C32H30N2O6. The van der Waals surface area contributed by atoms with Gasteiger partial charge in [-0.3, -0.25) is 14.4 Å². The number of carbonyl (C=O) groups is 3. The van der Waals surface area contributed by atoms with Crippen molar-refractivity contribution in [2.45, 2.75) is 26.7 Å². The van der Waals surface area contributed by atoms with Crippen LogP contribution in [0, 0.1) is 13.8 Å². The maximum atomic E-state index is 12.2. The number of nitrogens with one attached hydrogen (secondary N) is 2. The van der Waals surface area contributed by atoms with Crippen molar-refractivity contribution in [1.82, 2.24) is 0 Å². The van der Waals surface area contributed by atoms with Crippen LogP contribution in [0.4, 0.5) is 11.4 Å². The zero-order chi connectivity index (χ0) is 28.3. The summed E-state index contributed by atoms with van der Waals surface area (Å²) in [4.78, 5) is 36.4. The number of para-hydroxylation sites is 1. The number of hydrogen-bond donors (Lipinski definition) is 2. The maximum absolute atomic E-state index is 12.2. The fourth-order valence-electron chi connectivity index (χ4n) is 3.61. The number of hydrogen-bond acceptors (Lipinski definition) is 6. The highest BCUT2D eigenvalue weighted by atomic mass is 16.5. The van der Waals surface area contributed by atoms with Crippen molar-refractivity contribution in [2.24, 2.45) is 0 Å². The lowest BCUT2D eigenvalue weighted by molar-refractivity contribution is -0.147. The van der Waals surface area contributed by atoms with Crippen LogP contribution in [0.5, 0.6) is 23.0 Å². The van der Waals surface area contributed by atoms with Gasteiger partial charge in [-0.2, -0.15) is 0 Å². The molecule has 8 heteroatoms. The lowest BCUT2D eigenvalue weighted by Crippen LogP contribution is -2.21. The number of carbonyl (C=O) groups excluding carboxylic acids is 3. The van der Waals surface area contributed by atoms with E-state index in [1.165, 1.54) is 5.56 Å². The molecule has 0 aliphatic carbocycles. The average Bonchev–Trinajstić information content (AvgIpc) is 2.95. The third-order valence-electron chi connectivity index (χ3n) is 5.89. The van der Waals surface area contributed by atoms with Gasteiger partial charge in [0.2, 0.25) is 5.91 Å². The van der Waals surface area contributed by atoms with Crippen LogP contribution < -0.4 is 20.1 Å². The van der Waals surface area contributed by atoms with Crippen molar-refractivity contribution in [3.05, 3.63) is 108 Å². The summed E-state index contributed by atoms with van der Waals surface area (Å²) in [5.74, 6) is 1.22. The molecule has 0 unspecified atom stereocenters. The molecule has 0 aromatic heterocycles. The molecule has 2 N–H and O–H groups in total. The molecule has 4 rings (SSSR count). The van der Waals surface area contributed by atoms with Crippen LogP contribution in [0.3, 0.4) is 0 Å². The molecule has 0 heterocycles. The number of amides is 2. The molecule has 204 valence electrons. The van der Waals surface area contributed by atoms with Crippen LogP contribution in [0.25, 0.3) is 0 Å². The molecule has 0 spiro atoms. The van der Waals surface area contributed by atoms with Crippen LogP contribution >= 0.6 is 0 Å². The van der Waals surface area contributed by atoms with Crippen molar-refractivity contribution < 1.29 is 28.6 Å². The van der Waals surface area contributed by atoms with Gasteiger partial charge in [0, 0.05) is 17.8 Å². The first-order chi connectivity index (χ1) is 19.3. The van der Waals surface area contributed by atoms with E-state index in [1.807, 2.05) is 62.4 Å². The number of esters is 1. The van der Waals surface area contributed by atoms with Crippen LogP contribution in [-0.4, -0.2) is 24.4 Å². The molecule has 0 aliphatic heterocycles. The third-order valence-corrected chi connectivity index (χ3v) is 5.89. The van der Waals surface area contributed by atoms with E-state index < -0.39 is 18.5 Å². The highest BCUT2D eigenvalue weighted by molar-refractivity contribution is 5.94. The number of anilines is 2. The molecule has 0 atom stereocenters. The Morgan fingerprint density at radius 1 is 0.575 bits per heavy atom. The molecule has 0 aliphatic rings. The van der Waals surface area contributed by atoms with E-state index in [4.69, 9.17) is 14.2 Å². The summed E-state index contributed by atoms with van der Waals surface area (Å²) >= 11 is 0. The highest BCUT2D eigenvalue weighted by Crippen LogP contribution is 2.25. The van der Waals surface area contributed by atoms with Crippen LogP contribution in [-0.2, 0) is 19.1 Å². The summed E-state index contributed by atoms with van der Waals surface area (Å²) in [5.41, 5.74) is 3.44. The van der Waals surface area contributed by atoms with Gasteiger partial charge < -0.3 is 24.8 Å². The summed E-state index contributed by atoms with van der Waals surface area (Å²) in [6.07, 6.45) is -0.233. The Hall–Kier alpha value is -5.11. The van der Waals surface area contributed by atoms with Crippen molar-refractivity contribution in [3.63, 3.8) is 0 Å². The topological polar surface area (TPSA) is 103 Å². The molecule has 4 aromatic carbocycles. The molecule has 0 saturated heterocycles. The lowest BCUT2D eigenvalue weighted by Gasteiger charge is -2.10. The van der Waals surface area contributed by atoms with E-state index in [0.29, 0.717) is 28.6 Å². The normalized spacial score (nSPS) is 10.3. The van der Waals surface area contributed by atoms with Crippen LogP contribution in [0.1, 0.15) is 24.0 Å². The third kappa shape index (κ3) is 8.73. The average molecular weight is 539 g/mol. The Labute approximate surface area is 232 Å². The molecule has 2 amide bonds. The van der Waals surface area contributed by atoms with Gasteiger partial charge in [0.1, 0.15) is 23.0 Å². The van der Waals surface area contributed by atoms with Gasteiger partial charge in [-0.05, 0) is 97.8 Å². The number of rotatable bonds is 11. The smallest absolute Gasteiger partial charge is 0.306 e. The second-order valence-corrected chi connectivity index (χ2v) is 9.07. The van der Waals surface area contributed by atoms with Crippen LogP contribution in [0.15, 0.2) is 97.1 Å². The zero-order valence-corrected chi connectivity index (χ0v) is 22.3. The molecule has 0 saturated carbocycles.